The summed E-state index contributed by atoms with van der Waals surface area (Å²) >= 11 is 0. The fourth-order valence-electron chi connectivity index (χ4n) is 1.54. The first-order chi connectivity index (χ1) is 10.6. The van der Waals surface area contributed by atoms with E-state index in [1.54, 1.807) is 30.4 Å². The lowest BCUT2D eigenvalue weighted by Gasteiger charge is -2.10. The Hall–Kier alpha value is -2.76. The zero-order valence-corrected chi connectivity index (χ0v) is 12.8. The molecule has 0 aromatic heterocycles. The van der Waals surface area contributed by atoms with Crippen LogP contribution in [0.25, 0.3) is 0 Å². The van der Waals surface area contributed by atoms with Crippen LogP contribution in [0.4, 0.5) is 5.69 Å². The predicted octanol–water partition coefficient (Wildman–Crippen LogP) is 2.32. The smallest absolute Gasteiger partial charge is 0.331 e. The van der Waals surface area contributed by atoms with Crippen molar-refractivity contribution in [1.29, 1.82) is 0 Å². The maximum absolute atomic E-state index is 11.7. The minimum atomic E-state index is -0.583. The van der Waals surface area contributed by atoms with Gasteiger partial charge in [0, 0.05) is 17.8 Å². The van der Waals surface area contributed by atoms with Crippen LogP contribution >= 0.6 is 0 Å². The van der Waals surface area contributed by atoms with Crippen molar-refractivity contribution in [3.8, 4) is 11.5 Å². The first-order valence-corrected chi connectivity index (χ1v) is 6.58. The van der Waals surface area contributed by atoms with Crippen molar-refractivity contribution in [1.82, 2.24) is 0 Å². The van der Waals surface area contributed by atoms with Crippen molar-refractivity contribution in [3.63, 3.8) is 0 Å². The molecule has 0 spiro atoms. The van der Waals surface area contributed by atoms with Crippen LogP contribution in [-0.2, 0) is 14.3 Å². The molecular formula is C16H19NO5. The molecule has 0 aliphatic carbocycles. The average Bonchev–Trinajstić information content (AvgIpc) is 2.53. The molecule has 6 nitrogen and oxygen atoms in total. The number of ether oxygens (including phenoxy) is 3. The van der Waals surface area contributed by atoms with Crippen molar-refractivity contribution >= 4 is 17.6 Å². The second-order valence-electron chi connectivity index (χ2n) is 4.11. The van der Waals surface area contributed by atoms with Gasteiger partial charge in [-0.2, -0.15) is 0 Å². The Kier molecular flexibility index (Phi) is 7.25. The van der Waals surface area contributed by atoms with E-state index in [1.807, 2.05) is 6.92 Å². The molecule has 118 valence electrons. The molecule has 1 aromatic rings. The van der Waals surface area contributed by atoms with Gasteiger partial charge in [0.2, 0.25) is 0 Å². The summed E-state index contributed by atoms with van der Waals surface area (Å²) in [4.78, 5) is 23.0. The third-order valence-corrected chi connectivity index (χ3v) is 2.55. The van der Waals surface area contributed by atoms with E-state index in [1.165, 1.54) is 26.4 Å². The number of rotatable bonds is 7. The highest BCUT2D eigenvalue weighted by Gasteiger charge is 2.08. The average molecular weight is 305 g/mol. The van der Waals surface area contributed by atoms with Crippen LogP contribution in [0.3, 0.4) is 0 Å². The highest BCUT2D eigenvalue weighted by atomic mass is 16.5. The Balaban J connectivity index is 2.53. The Labute approximate surface area is 129 Å². The largest absolute Gasteiger partial charge is 0.493 e. The van der Waals surface area contributed by atoms with Gasteiger partial charge in [-0.25, -0.2) is 4.79 Å². The minimum Gasteiger partial charge on any atom is -0.493 e. The van der Waals surface area contributed by atoms with E-state index in [9.17, 15) is 9.59 Å². The number of nitrogens with one attached hydrogen (secondary N) is 1. The van der Waals surface area contributed by atoms with E-state index < -0.39 is 11.9 Å². The summed E-state index contributed by atoms with van der Waals surface area (Å²) in [5, 5.41) is 2.60. The molecule has 0 atom stereocenters. The molecule has 22 heavy (non-hydrogen) atoms. The molecule has 0 bridgehead atoms. The molecule has 0 fully saturated rings. The second kappa shape index (κ2) is 9.23. The molecule has 0 aliphatic heterocycles. The van der Waals surface area contributed by atoms with Gasteiger partial charge in [-0.1, -0.05) is 18.2 Å². The zero-order valence-electron chi connectivity index (χ0n) is 12.8. The molecule has 1 aromatic carbocycles. The highest BCUT2D eigenvalue weighted by molar-refractivity contribution is 5.94. The monoisotopic (exact) mass is 305 g/mol. The standard InChI is InChI=1S/C16H19NO5/c1-4-5-6-7-16(19)22-11-15(18)17-12-8-9-13(20-2)14(10-12)21-3/h4-10H,11H2,1-3H3,(H,17,18)/b5-4+,7-6+. The van der Waals surface area contributed by atoms with Crippen molar-refractivity contribution in [2.45, 2.75) is 6.92 Å². The normalized spacial score (nSPS) is 10.7. The van der Waals surface area contributed by atoms with Crippen molar-refractivity contribution in [3.05, 3.63) is 42.5 Å². The number of hydrogen-bond acceptors (Lipinski definition) is 5. The third-order valence-electron chi connectivity index (χ3n) is 2.55. The number of esters is 1. The number of methoxy groups -OCH3 is 2. The molecule has 0 radical (unpaired) electrons. The zero-order chi connectivity index (χ0) is 16.4. The highest BCUT2D eigenvalue weighted by Crippen LogP contribution is 2.29. The first-order valence-electron chi connectivity index (χ1n) is 6.58. The van der Waals surface area contributed by atoms with Gasteiger partial charge in [-0.05, 0) is 19.1 Å². The van der Waals surface area contributed by atoms with Crippen LogP contribution in [-0.4, -0.2) is 32.7 Å². The van der Waals surface area contributed by atoms with Gasteiger partial charge in [0.1, 0.15) is 0 Å². The maximum Gasteiger partial charge on any atom is 0.331 e. The van der Waals surface area contributed by atoms with E-state index in [0.717, 1.165) is 0 Å². The Bertz CT molecular complexity index is 578. The molecule has 1 rings (SSSR count). The Morgan fingerprint density at radius 1 is 1.14 bits per heavy atom. The van der Waals surface area contributed by atoms with Gasteiger partial charge in [0.15, 0.2) is 18.1 Å². The lowest BCUT2D eigenvalue weighted by molar-refractivity contribution is -0.142. The van der Waals surface area contributed by atoms with Gasteiger partial charge < -0.3 is 19.5 Å². The van der Waals surface area contributed by atoms with Crippen LogP contribution in [0.5, 0.6) is 11.5 Å². The van der Waals surface area contributed by atoms with Gasteiger partial charge in [-0.3, -0.25) is 4.79 Å². The van der Waals surface area contributed by atoms with Crippen LogP contribution in [0, 0.1) is 0 Å². The predicted molar refractivity (Wildman–Crippen MR) is 83.1 cm³/mol. The van der Waals surface area contributed by atoms with Gasteiger partial charge in [-0.15, -0.1) is 0 Å². The van der Waals surface area contributed by atoms with Crippen molar-refractivity contribution in [2.75, 3.05) is 26.1 Å². The maximum atomic E-state index is 11.7. The van der Waals surface area contributed by atoms with Crippen LogP contribution in [0.2, 0.25) is 0 Å². The summed E-state index contributed by atoms with van der Waals surface area (Å²) in [6.07, 6.45) is 6.23. The summed E-state index contributed by atoms with van der Waals surface area (Å²) in [7, 11) is 3.03. The lowest BCUT2D eigenvalue weighted by atomic mass is 10.2. The molecule has 0 aliphatic rings. The number of carbonyl (C=O) groups excluding carboxylic acids is 2. The quantitative estimate of drug-likeness (QED) is 0.475. The van der Waals surface area contributed by atoms with Crippen LogP contribution in [0.1, 0.15) is 6.92 Å². The van der Waals surface area contributed by atoms with Gasteiger partial charge >= 0.3 is 5.97 Å². The van der Waals surface area contributed by atoms with Gasteiger partial charge in [0.25, 0.3) is 5.91 Å². The molecule has 6 heteroatoms. The number of allylic oxidation sites excluding steroid dienone is 3. The minimum absolute atomic E-state index is 0.368. The van der Waals surface area contributed by atoms with E-state index in [2.05, 4.69) is 5.32 Å². The number of hydrogen-bond donors (Lipinski definition) is 1. The fourth-order valence-corrected chi connectivity index (χ4v) is 1.54. The Morgan fingerprint density at radius 3 is 2.50 bits per heavy atom. The number of amides is 1. The van der Waals surface area contributed by atoms with Crippen molar-refractivity contribution in [2.24, 2.45) is 0 Å². The summed E-state index contributed by atoms with van der Waals surface area (Å²) < 4.78 is 15.0. The van der Waals surface area contributed by atoms with E-state index >= 15 is 0 Å². The molecule has 0 unspecified atom stereocenters. The lowest BCUT2D eigenvalue weighted by Crippen LogP contribution is -2.20. The molecule has 0 heterocycles. The molecule has 1 N–H and O–H groups in total. The second-order valence-corrected chi connectivity index (χ2v) is 4.11. The number of anilines is 1. The third kappa shape index (κ3) is 5.70. The number of carbonyl (C=O) groups is 2. The summed E-state index contributed by atoms with van der Waals surface area (Å²) in [5.74, 6) is 0.0215. The fraction of sp³-hybridized carbons (Fsp3) is 0.250. The molecular weight excluding hydrogens is 286 g/mol. The number of benzene rings is 1. The van der Waals surface area contributed by atoms with Crippen LogP contribution < -0.4 is 14.8 Å². The van der Waals surface area contributed by atoms with E-state index in [0.29, 0.717) is 17.2 Å². The molecule has 1 amide bonds. The van der Waals surface area contributed by atoms with E-state index in [-0.39, 0.29) is 6.61 Å². The topological polar surface area (TPSA) is 73.9 Å². The summed E-state index contributed by atoms with van der Waals surface area (Å²) in [6, 6.07) is 4.94. The Morgan fingerprint density at radius 2 is 1.86 bits per heavy atom. The van der Waals surface area contributed by atoms with Crippen molar-refractivity contribution < 1.29 is 23.8 Å². The first kappa shape index (κ1) is 17.3. The van der Waals surface area contributed by atoms with Gasteiger partial charge in [0.05, 0.1) is 14.2 Å². The van der Waals surface area contributed by atoms with Crippen LogP contribution in [0.15, 0.2) is 42.5 Å². The van der Waals surface area contributed by atoms with E-state index in [4.69, 9.17) is 14.2 Å². The molecule has 0 saturated heterocycles. The SMILES string of the molecule is C/C=C/C=C/C(=O)OCC(=O)Nc1ccc(OC)c(OC)c1. The summed E-state index contributed by atoms with van der Waals surface area (Å²) in [5.41, 5.74) is 0.517. The molecule has 0 saturated carbocycles. The summed E-state index contributed by atoms with van der Waals surface area (Å²) in [6.45, 7) is 1.46.